The predicted octanol–water partition coefficient (Wildman–Crippen LogP) is 8.12. The van der Waals surface area contributed by atoms with E-state index in [1.54, 1.807) is 6.07 Å². The molecule has 0 atom stereocenters. The molecule has 0 amide bonds. The summed E-state index contributed by atoms with van der Waals surface area (Å²) < 4.78 is 11.2. The minimum atomic E-state index is -0.263. The molecule has 4 nitrogen and oxygen atoms in total. The molecule has 0 aliphatic heterocycles. The highest BCUT2D eigenvalue weighted by Gasteiger charge is 2.15. The fourth-order valence-electron chi connectivity index (χ4n) is 3.49. The number of benzene rings is 1. The normalized spacial score (nSPS) is 11.0. The van der Waals surface area contributed by atoms with Crippen molar-refractivity contribution in [2.75, 3.05) is 0 Å². The van der Waals surface area contributed by atoms with Gasteiger partial charge in [0, 0.05) is 12.8 Å². The smallest absolute Gasteiger partial charge is 0.311 e. The Bertz CT molecular complexity index is 636. The Morgan fingerprint density at radius 2 is 1.13 bits per heavy atom. The summed E-state index contributed by atoms with van der Waals surface area (Å²) in [6.07, 6.45) is 14.2. The molecule has 0 saturated heterocycles. The predicted molar refractivity (Wildman–Crippen MR) is 128 cm³/mol. The molecule has 0 radical (unpaired) electrons. The van der Waals surface area contributed by atoms with Crippen LogP contribution in [-0.2, 0) is 9.59 Å². The second kappa shape index (κ2) is 16.8. The van der Waals surface area contributed by atoms with Gasteiger partial charge in [0.15, 0.2) is 11.5 Å². The summed E-state index contributed by atoms with van der Waals surface area (Å²) in [4.78, 5) is 24.6. The molecule has 0 aromatic heterocycles. The van der Waals surface area contributed by atoms with Crippen LogP contribution in [0.3, 0.4) is 0 Å². The summed E-state index contributed by atoms with van der Waals surface area (Å²) >= 11 is 0. The first-order valence-corrected chi connectivity index (χ1v) is 12.5. The molecule has 1 rings (SSSR count). The molecule has 0 aliphatic rings. The van der Waals surface area contributed by atoms with Crippen molar-refractivity contribution in [3.63, 3.8) is 0 Å². The van der Waals surface area contributed by atoms with Crippen LogP contribution in [0.2, 0.25) is 0 Å². The number of hydrogen-bond acceptors (Lipinski definition) is 4. The summed E-state index contributed by atoms with van der Waals surface area (Å²) in [5.74, 6) is 0.477. The molecule has 0 unspecified atom stereocenters. The maximum atomic E-state index is 12.4. The van der Waals surface area contributed by atoms with E-state index in [4.69, 9.17) is 9.47 Å². The van der Waals surface area contributed by atoms with Gasteiger partial charge in [-0.3, -0.25) is 9.59 Å². The minimum absolute atomic E-state index is 0.260. The van der Waals surface area contributed by atoms with Crippen LogP contribution in [0.4, 0.5) is 0 Å². The van der Waals surface area contributed by atoms with Crippen LogP contribution < -0.4 is 9.47 Å². The van der Waals surface area contributed by atoms with Gasteiger partial charge in [0.1, 0.15) is 0 Å². The molecule has 0 aliphatic carbocycles. The largest absolute Gasteiger partial charge is 0.423 e. The quantitative estimate of drug-likeness (QED) is 0.142. The van der Waals surface area contributed by atoms with Crippen LogP contribution >= 0.6 is 0 Å². The van der Waals surface area contributed by atoms with Gasteiger partial charge in [0.2, 0.25) is 0 Å². The zero-order valence-corrected chi connectivity index (χ0v) is 20.3. The first-order chi connectivity index (χ1) is 15.0. The fourth-order valence-corrected chi connectivity index (χ4v) is 3.49. The lowest BCUT2D eigenvalue weighted by Crippen LogP contribution is -2.12. The summed E-state index contributed by atoms with van der Waals surface area (Å²) in [7, 11) is 0. The first kappa shape index (κ1) is 27.2. The van der Waals surface area contributed by atoms with Crippen molar-refractivity contribution in [2.24, 2.45) is 0 Å². The zero-order chi connectivity index (χ0) is 22.9. The molecule has 31 heavy (non-hydrogen) atoms. The van der Waals surface area contributed by atoms with Crippen molar-refractivity contribution in [1.82, 2.24) is 0 Å². The Morgan fingerprint density at radius 1 is 0.677 bits per heavy atom. The number of unbranched alkanes of at least 4 members (excludes halogenated alkanes) is 10. The van der Waals surface area contributed by atoms with Crippen molar-refractivity contribution in [1.29, 1.82) is 0 Å². The molecule has 0 N–H and O–H groups in total. The summed E-state index contributed by atoms with van der Waals surface area (Å²) in [6, 6.07) is 5.52. The van der Waals surface area contributed by atoms with Gasteiger partial charge in [0.05, 0.1) is 0 Å². The van der Waals surface area contributed by atoms with E-state index < -0.39 is 0 Å². The van der Waals surface area contributed by atoms with Gasteiger partial charge >= 0.3 is 11.9 Å². The molecule has 0 saturated carbocycles. The zero-order valence-electron chi connectivity index (χ0n) is 20.3. The van der Waals surface area contributed by atoms with Crippen LogP contribution in [0, 0.1) is 0 Å². The minimum Gasteiger partial charge on any atom is -0.423 e. The summed E-state index contributed by atoms with van der Waals surface area (Å²) in [6.45, 7) is 8.56. The van der Waals surface area contributed by atoms with Crippen LogP contribution in [0.1, 0.15) is 129 Å². The van der Waals surface area contributed by atoms with Crippen LogP contribution in [0.15, 0.2) is 18.2 Å². The average molecular weight is 433 g/mol. The Kier molecular flexibility index (Phi) is 14.7. The number of hydrogen-bond donors (Lipinski definition) is 0. The lowest BCUT2D eigenvalue weighted by Gasteiger charge is -2.14. The maximum Gasteiger partial charge on any atom is 0.311 e. The lowest BCUT2D eigenvalue weighted by molar-refractivity contribution is -0.137. The Morgan fingerprint density at radius 3 is 1.61 bits per heavy atom. The highest BCUT2D eigenvalue weighted by atomic mass is 16.6. The molecule has 1 aromatic rings. The molecule has 0 fully saturated rings. The van der Waals surface area contributed by atoms with Gasteiger partial charge in [-0.1, -0.05) is 98.0 Å². The van der Waals surface area contributed by atoms with E-state index in [2.05, 4.69) is 27.7 Å². The molecule has 176 valence electrons. The molecule has 4 heteroatoms. The SMILES string of the molecule is CCCCCCCCC(=O)Oc1ccc(C(C)C)cc1OC(=O)CCCCCCCC. The van der Waals surface area contributed by atoms with Gasteiger partial charge < -0.3 is 9.47 Å². The van der Waals surface area contributed by atoms with Crippen molar-refractivity contribution in [3.8, 4) is 11.5 Å². The third kappa shape index (κ3) is 12.6. The average Bonchev–Trinajstić information content (AvgIpc) is 2.74. The molecule has 0 heterocycles. The third-order valence-electron chi connectivity index (χ3n) is 5.55. The number of ether oxygens (including phenoxy) is 2. The summed E-state index contributed by atoms with van der Waals surface area (Å²) in [5.41, 5.74) is 1.05. The number of rotatable bonds is 17. The lowest BCUT2D eigenvalue weighted by atomic mass is 10.0. The molecule has 0 bridgehead atoms. The van der Waals surface area contributed by atoms with E-state index in [0.717, 1.165) is 44.1 Å². The standard InChI is InChI=1S/C27H44O4/c1-5-7-9-11-13-15-17-26(28)30-24-20-19-23(22(3)4)21-25(24)31-27(29)18-16-14-12-10-8-6-2/h19-22H,5-18H2,1-4H3. The fraction of sp³-hybridized carbons (Fsp3) is 0.704. The topological polar surface area (TPSA) is 52.6 Å². The number of carbonyl (C=O) groups is 2. The number of carbonyl (C=O) groups excluding carboxylic acids is 2. The molecule has 1 aromatic carbocycles. The van der Waals surface area contributed by atoms with E-state index in [9.17, 15) is 9.59 Å². The van der Waals surface area contributed by atoms with Crippen molar-refractivity contribution >= 4 is 11.9 Å². The van der Waals surface area contributed by atoms with Gasteiger partial charge in [-0.25, -0.2) is 0 Å². The first-order valence-electron chi connectivity index (χ1n) is 12.5. The van der Waals surface area contributed by atoms with Crippen molar-refractivity contribution in [2.45, 2.75) is 124 Å². The van der Waals surface area contributed by atoms with Crippen LogP contribution in [0.25, 0.3) is 0 Å². The molecular weight excluding hydrogens is 388 g/mol. The van der Waals surface area contributed by atoms with Gasteiger partial charge in [-0.2, -0.15) is 0 Å². The maximum absolute atomic E-state index is 12.4. The second-order valence-corrected chi connectivity index (χ2v) is 8.84. The number of esters is 2. The van der Waals surface area contributed by atoms with Crippen LogP contribution in [0.5, 0.6) is 11.5 Å². The second-order valence-electron chi connectivity index (χ2n) is 8.84. The Hall–Kier alpha value is -1.84. The van der Waals surface area contributed by atoms with Crippen LogP contribution in [-0.4, -0.2) is 11.9 Å². The van der Waals surface area contributed by atoms with Gasteiger partial charge in [-0.15, -0.1) is 0 Å². The molecular formula is C27H44O4. The third-order valence-corrected chi connectivity index (χ3v) is 5.55. The van der Waals surface area contributed by atoms with Crippen molar-refractivity contribution in [3.05, 3.63) is 23.8 Å². The summed E-state index contributed by atoms with van der Waals surface area (Å²) in [5, 5.41) is 0. The van der Waals surface area contributed by atoms with Gasteiger partial charge in [-0.05, 0) is 36.5 Å². The Labute approximate surface area is 190 Å². The van der Waals surface area contributed by atoms with E-state index >= 15 is 0 Å². The Balaban J connectivity index is 2.57. The van der Waals surface area contributed by atoms with E-state index in [-0.39, 0.29) is 11.9 Å². The van der Waals surface area contributed by atoms with Crippen molar-refractivity contribution < 1.29 is 19.1 Å². The van der Waals surface area contributed by atoms with E-state index in [1.807, 2.05) is 12.1 Å². The monoisotopic (exact) mass is 432 g/mol. The van der Waals surface area contributed by atoms with Gasteiger partial charge in [0.25, 0.3) is 0 Å². The molecule has 0 spiro atoms. The van der Waals surface area contributed by atoms with E-state index in [1.165, 1.54) is 38.5 Å². The van der Waals surface area contributed by atoms with E-state index in [0.29, 0.717) is 30.3 Å². The highest BCUT2D eigenvalue weighted by Crippen LogP contribution is 2.32. The highest BCUT2D eigenvalue weighted by molar-refractivity contribution is 5.76.